The smallest absolute Gasteiger partial charge is 0.267 e. The van der Waals surface area contributed by atoms with Gasteiger partial charge < -0.3 is 0 Å². The van der Waals surface area contributed by atoms with Crippen molar-refractivity contribution in [2.75, 3.05) is 0 Å². The van der Waals surface area contributed by atoms with Crippen LogP contribution in [0, 0.1) is 0 Å². The average molecular weight is 517 g/mol. The molecule has 0 saturated carbocycles. The zero-order chi connectivity index (χ0) is 25.4. The van der Waals surface area contributed by atoms with Gasteiger partial charge in [0.25, 0.3) is 11.8 Å². The second-order valence-corrected chi connectivity index (χ2v) is 10.2. The molecule has 0 aromatic carbocycles. The summed E-state index contributed by atoms with van der Waals surface area (Å²) in [6.07, 6.45) is 10.5. The molecule has 10 heteroatoms. The van der Waals surface area contributed by atoms with Gasteiger partial charge >= 0.3 is 0 Å². The Balaban J connectivity index is 1.40. The van der Waals surface area contributed by atoms with Crippen LogP contribution in [-0.2, 0) is 5.41 Å². The normalized spacial score (nSPS) is 11.7. The Morgan fingerprint density at radius 2 is 1.19 bits per heavy atom. The van der Waals surface area contributed by atoms with Crippen molar-refractivity contribution >= 4 is 46.9 Å². The summed E-state index contributed by atoms with van der Waals surface area (Å²) in [5.41, 5.74) is 5.91. The minimum Gasteiger partial charge on any atom is -0.267 e. The molecular formula is C26H24N6O2S2. The number of hydrogen-bond donors (Lipinski definition) is 2. The van der Waals surface area contributed by atoms with E-state index in [1.165, 1.54) is 9.75 Å². The van der Waals surface area contributed by atoms with Gasteiger partial charge in [0, 0.05) is 60.8 Å². The van der Waals surface area contributed by atoms with Gasteiger partial charge in [-0.15, -0.1) is 22.7 Å². The lowest BCUT2D eigenvalue weighted by atomic mass is 9.84. The molecule has 0 aliphatic rings. The molecular weight excluding hydrogens is 492 g/mol. The zero-order valence-corrected chi connectivity index (χ0v) is 21.3. The van der Waals surface area contributed by atoms with Crippen molar-refractivity contribution in [2.24, 2.45) is 10.2 Å². The number of hydrogen-bond acceptors (Lipinski definition) is 8. The fourth-order valence-electron chi connectivity index (χ4n) is 3.35. The minimum absolute atomic E-state index is 0.186. The molecule has 0 radical (unpaired) electrons. The van der Waals surface area contributed by atoms with E-state index in [2.05, 4.69) is 57.0 Å². The number of pyridine rings is 2. The highest BCUT2D eigenvalue weighted by Gasteiger charge is 2.30. The first-order valence-electron chi connectivity index (χ1n) is 11.2. The quantitative estimate of drug-likeness (QED) is 0.245. The van der Waals surface area contributed by atoms with Crippen LogP contribution in [0.2, 0.25) is 0 Å². The molecule has 2 N–H and O–H groups in total. The Bertz CT molecular complexity index is 1280. The second-order valence-electron chi connectivity index (χ2n) is 7.96. The first-order chi connectivity index (χ1) is 17.5. The second kappa shape index (κ2) is 11.6. The molecule has 0 atom stereocenters. The van der Waals surface area contributed by atoms with E-state index in [0.29, 0.717) is 11.1 Å². The number of carbonyl (C=O) groups excluding carboxylic acids is 2. The summed E-state index contributed by atoms with van der Waals surface area (Å²) in [5.74, 6) is -0.567. The largest absolute Gasteiger partial charge is 0.271 e. The van der Waals surface area contributed by atoms with Crippen molar-refractivity contribution in [1.82, 2.24) is 20.8 Å². The number of aromatic nitrogens is 2. The third-order valence-corrected chi connectivity index (χ3v) is 8.22. The lowest BCUT2D eigenvalue weighted by molar-refractivity contribution is 0.0947. The molecule has 4 rings (SSSR count). The molecule has 0 fully saturated rings. The van der Waals surface area contributed by atoms with Crippen molar-refractivity contribution < 1.29 is 9.59 Å². The number of rotatable bonds is 9. The van der Waals surface area contributed by atoms with Gasteiger partial charge in [0.05, 0.1) is 12.4 Å². The van der Waals surface area contributed by atoms with E-state index in [1.807, 2.05) is 12.1 Å². The predicted octanol–water partition coefficient (Wildman–Crippen LogP) is 4.84. The first kappa shape index (κ1) is 25.1. The summed E-state index contributed by atoms with van der Waals surface area (Å²) in [4.78, 5) is 36.4. The molecule has 0 aliphatic heterocycles. The van der Waals surface area contributed by atoms with Gasteiger partial charge in [0.1, 0.15) is 0 Å². The zero-order valence-electron chi connectivity index (χ0n) is 19.7. The molecule has 4 aromatic rings. The highest BCUT2D eigenvalue weighted by Crippen LogP contribution is 2.41. The molecule has 182 valence electrons. The van der Waals surface area contributed by atoms with Crippen molar-refractivity contribution in [3.63, 3.8) is 0 Å². The maximum Gasteiger partial charge on any atom is 0.271 e. The Morgan fingerprint density at radius 3 is 1.58 bits per heavy atom. The van der Waals surface area contributed by atoms with Crippen LogP contribution in [0.15, 0.2) is 83.5 Å². The fourth-order valence-corrected chi connectivity index (χ4v) is 5.64. The summed E-state index contributed by atoms with van der Waals surface area (Å²) < 4.78 is 0. The summed E-state index contributed by atoms with van der Waals surface area (Å²) in [5, 5.41) is 8.20. The highest BCUT2D eigenvalue weighted by atomic mass is 32.1. The third-order valence-electron chi connectivity index (χ3n) is 5.65. The molecule has 4 aromatic heterocycles. The summed E-state index contributed by atoms with van der Waals surface area (Å²) >= 11 is 3.27. The van der Waals surface area contributed by atoms with Gasteiger partial charge in [-0.3, -0.25) is 19.6 Å². The van der Waals surface area contributed by atoms with Crippen LogP contribution >= 0.6 is 22.7 Å². The van der Waals surface area contributed by atoms with Crippen molar-refractivity contribution in [1.29, 1.82) is 0 Å². The Labute approximate surface area is 216 Å². The van der Waals surface area contributed by atoms with Crippen LogP contribution in [0.4, 0.5) is 0 Å². The van der Waals surface area contributed by atoms with Crippen LogP contribution in [0.25, 0.3) is 0 Å². The maximum atomic E-state index is 12.1. The van der Waals surface area contributed by atoms with E-state index in [0.717, 1.165) is 16.2 Å². The first-order valence-corrected chi connectivity index (χ1v) is 12.8. The van der Waals surface area contributed by atoms with Crippen LogP contribution in [-0.4, -0.2) is 34.2 Å². The molecule has 0 spiro atoms. The topological polar surface area (TPSA) is 109 Å². The van der Waals surface area contributed by atoms with E-state index in [1.54, 1.807) is 84.2 Å². The lowest BCUT2D eigenvalue weighted by Crippen LogP contribution is -2.19. The number of nitrogens with one attached hydrogen (secondary N) is 2. The SMILES string of the molecule is CCC(C)(c1ccc(/C=N\NC(=O)c2ccncc2)s1)c1ccc(/C=N\NC(=O)c2ccncc2)s1. The summed E-state index contributed by atoms with van der Waals surface area (Å²) in [7, 11) is 0. The van der Waals surface area contributed by atoms with Crippen molar-refractivity contribution in [2.45, 2.75) is 25.7 Å². The van der Waals surface area contributed by atoms with Gasteiger partial charge in [0.15, 0.2) is 0 Å². The Morgan fingerprint density at radius 1 is 0.778 bits per heavy atom. The molecule has 4 heterocycles. The van der Waals surface area contributed by atoms with Crippen LogP contribution in [0.3, 0.4) is 0 Å². The van der Waals surface area contributed by atoms with E-state index in [9.17, 15) is 9.59 Å². The van der Waals surface area contributed by atoms with E-state index in [4.69, 9.17) is 0 Å². The molecule has 2 amide bonds. The van der Waals surface area contributed by atoms with Gasteiger partial charge in [0.2, 0.25) is 0 Å². The number of nitrogens with zero attached hydrogens (tertiary/aromatic N) is 4. The maximum absolute atomic E-state index is 12.1. The van der Waals surface area contributed by atoms with E-state index < -0.39 is 0 Å². The molecule has 8 nitrogen and oxygen atoms in total. The number of amides is 2. The monoisotopic (exact) mass is 516 g/mol. The van der Waals surface area contributed by atoms with Gasteiger partial charge in [-0.25, -0.2) is 10.9 Å². The molecule has 0 saturated heterocycles. The minimum atomic E-state index is -0.284. The van der Waals surface area contributed by atoms with E-state index in [-0.39, 0.29) is 17.2 Å². The molecule has 36 heavy (non-hydrogen) atoms. The van der Waals surface area contributed by atoms with Crippen molar-refractivity contribution in [3.05, 3.63) is 104 Å². The lowest BCUT2D eigenvalue weighted by Gasteiger charge is -2.25. The predicted molar refractivity (Wildman–Crippen MR) is 144 cm³/mol. The Kier molecular flexibility index (Phi) is 8.09. The van der Waals surface area contributed by atoms with Crippen LogP contribution < -0.4 is 10.9 Å². The number of hydrazone groups is 2. The number of carbonyl (C=O) groups is 2. The van der Waals surface area contributed by atoms with Gasteiger partial charge in [-0.2, -0.15) is 10.2 Å². The molecule has 0 unspecified atom stereocenters. The van der Waals surface area contributed by atoms with Gasteiger partial charge in [-0.1, -0.05) is 6.92 Å². The summed E-state index contributed by atoms with van der Waals surface area (Å²) in [6, 6.07) is 14.7. The fraction of sp³-hybridized carbons (Fsp3) is 0.154. The van der Waals surface area contributed by atoms with Crippen molar-refractivity contribution in [3.8, 4) is 0 Å². The van der Waals surface area contributed by atoms with Crippen LogP contribution in [0.1, 0.15) is 60.5 Å². The molecule has 0 bridgehead atoms. The van der Waals surface area contributed by atoms with Crippen LogP contribution in [0.5, 0.6) is 0 Å². The standard InChI is InChI=1S/C26H24N6O2S2/c1-3-26(2,22-6-4-20(35-22)16-29-31-24(33)18-8-12-27-13-9-18)23-7-5-21(36-23)17-30-32-25(34)19-10-14-28-15-11-19/h4-17H,3H2,1-2H3,(H,31,33)(H,32,34)/b29-16-,30-17-. The van der Waals surface area contributed by atoms with E-state index >= 15 is 0 Å². The third kappa shape index (κ3) is 5.96. The molecule has 0 aliphatic carbocycles. The average Bonchev–Trinajstić information content (AvgIpc) is 3.60. The number of thiophene rings is 2. The Hall–Kier alpha value is -4.02. The highest BCUT2D eigenvalue weighted by molar-refractivity contribution is 7.15. The van der Waals surface area contributed by atoms with Gasteiger partial charge in [-0.05, 0) is 61.9 Å². The summed E-state index contributed by atoms with van der Waals surface area (Å²) in [6.45, 7) is 4.37.